The van der Waals surface area contributed by atoms with Crippen LogP contribution in [0.15, 0.2) is 18.2 Å². The lowest BCUT2D eigenvalue weighted by atomic mass is 10.1. The van der Waals surface area contributed by atoms with Crippen LogP contribution >= 0.6 is 11.6 Å². The van der Waals surface area contributed by atoms with E-state index in [9.17, 15) is 0 Å². The molecular weight excluding hydrogens is 222 g/mol. The molecule has 1 aliphatic rings. The lowest BCUT2D eigenvalue weighted by Gasteiger charge is -2.12. The lowest BCUT2D eigenvalue weighted by molar-refractivity contribution is 0.110. The van der Waals surface area contributed by atoms with Crippen molar-refractivity contribution >= 4 is 11.6 Å². The summed E-state index contributed by atoms with van der Waals surface area (Å²) in [6.45, 7) is 4.85. The zero-order chi connectivity index (χ0) is 11.4. The summed E-state index contributed by atoms with van der Waals surface area (Å²) in [6, 6.07) is 6.03. The van der Waals surface area contributed by atoms with Gasteiger partial charge in [0.1, 0.15) is 0 Å². The van der Waals surface area contributed by atoms with Crippen LogP contribution in [0.25, 0.3) is 0 Å². The van der Waals surface area contributed by atoms with E-state index in [0.29, 0.717) is 6.10 Å². The number of hydrogen-bond acceptors (Lipinski definition) is 2. The highest BCUT2D eigenvalue weighted by molar-refractivity contribution is 6.30. The molecule has 1 saturated heterocycles. The van der Waals surface area contributed by atoms with Crippen LogP contribution in [0.3, 0.4) is 0 Å². The van der Waals surface area contributed by atoms with Crippen molar-refractivity contribution in [3.63, 3.8) is 0 Å². The molecule has 0 amide bonds. The molecule has 0 saturated carbocycles. The maximum atomic E-state index is 5.91. The fourth-order valence-corrected chi connectivity index (χ4v) is 2.26. The van der Waals surface area contributed by atoms with Crippen LogP contribution in [0.2, 0.25) is 5.02 Å². The first-order valence-electron chi connectivity index (χ1n) is 5.83. The minimum atomic E-state index is 0.410. The predicted octanol–water partition coefficient (Wildman–Crippen LogP) is 2.92. The van der Waals surface area contributed by atoms with Crippen molar-refractivity contribution in [2.75, 3.05) is 13.2 Å². The van der Waals surface area contributed by atoms with E-state index in [2.05, 4.69) is 18.3 Å². The largest absolute Gasteiger partial charge is 0.377 e. The molecular formula is C13H18ClNO. The molecule has 88 valence electrons. The fourth-order valence-electron chi connectivity index (χ4n) is 2.03. The van der Waals surface area contributed by atoms with E-state index in [4.69, 9.17) is 16.3 Å². The van der Waals surface area contributed by atoms with Crippen LogP contribution in [-0.4, -0.2) is 19.3 Å². The molecule has 0 radical (unpaired) electrons. The highest BCUT2D eigenvalue weighted by Gasteiger charge is 2.14. The van der Waals surface area contributed by atoms with E-state index in [-0.39, 0.29) is 0 Å². The normalized spacial score (nSPS) is 20.2. The molecule has 0 aromatic heterocycles. The van der Waals surface area contributed by atoms with Crippen molar-refractivity contribution in [2.45, 2.75) is 32.4 Å². The van der Waals surface area contributed by atoms with Crippen LogP contribution in [0.4, 0.5) is 0 Å². The second-order valence-electron chi connectivity index (χ2n) is 4.34. The molecule has 1 N–H and O–H groups in total. The summed E-state index contributed by atoms with van der Waals surface area (Å²) in [6.07, 6.45) is 2.80. The van der Waals surface area contributed by atoms with E-state index in [1.165, 1.54) is 24.0 Å². The Morgan fingerprint density at radius 2 is 2.38 bits per heavy atom. The smallest absolute Gasteiger partial charge is 0.0700 e. The summed E-state index contributed by atoms with van der Waals surface area (Å²) >= 11 is 5.91. The number of benzene rings is 1. The molecule has 0 spiro atoms. The molecule has 1 atom stereocenters. The minimum Gasteiger partial charge on any atom is -0.377 e. The molecule has 1 unspecified atom stereocenters. The summed E-state index contributed by atoms with van der Waals surface area (Å²) in [5.74, 6) is 0. The van der Waals surface area contributed by atoms with Gasteiger partial charge in [-0.25, -0.2) is 0 Å². The van der Waals surface area contributed by atoms with E-state index in [0.717, 1.165) is 24.7 Å². The molecule has 2 rings (SSSR count). The highest BCUT2D eigenvalue weighted by atomic mass is 35.5. The van der Waals surface area contributed by atoms with Gasteiger partial charge in [-0.2, -0.15) is 0 Å². The number of nitrogens with one attached hydrogen (secondary N) is 1. The van der Waals surface area contributed by atoms with Gasteiger partial charge in [-0.15, -0.1) is 0 Å². The Hall–Kier alpha value is -0.570. The van der Waals surface area contributed by atoms with Crippen molar-refractivity contribution in [2.24, 2.45) is 0 Å². The number of hydrogen-bond donors (Lipinski definition) is 1. The number of ether oxygens (including phenoxy) is 1. The van der Waals surface area contributed by atoms with E-state index in [1.54, 1.807) is 0 Å². The Morgan fingerprint density at radius 1 is 1.50 bits per heavy atom. The van der Waals surface area contributed by atoms with Gasteiger partial charge in [0.05, 0.1) is 6.10 Å². The summed E-state index contributed by atoms with van der Waals surface area (Å²) in [5, 5.41) is 4.24. The van der Waals surface area contributed by atoms with Gasteiger partial charge in [-0.3, -0.25) is 0 Å². The van der Waals surface area contributed by atoms with Crippen molar-refractivity contribution in [1.82, 2.24) is 5.32 Å². The SMILES string of the molecule is Cc1cc(Cl)ccc1CNCC1CCCO1. The Bertz CT molecular complexity index is 348. The van der Waals surface area contributed by atoms with Gasteiger partial charge in [-0.05, 0) is 43.0 Å². The third-order valence-electron chi connectivity index (χ3n) is 3.02. The summed E-state index contributed by atoms with van der Waals surface area (Å²) in [7, 11) is 0. The quantitative estimate of drug-likeness (QED) is 0.873. The molecule has 1 aromatic rings. The van der Waals surface area contributed by atoms with Crippen molar-refractivity contribution in [3.8, 4) is 0 Å². The first-order valence-corrected chi connectivity index (χ1v) is 6.21. The second kappa shape index (κ2) is 5.67. The Kier molecular flexibility index (Phi) is 4.22. The Morgan fingerprint density at radius 3 is 3.06 bits per heavy atom. The first kappa shape index (κ1) is 11.9. The van der Waals surface area contributed by atoms with Crippen LogP contribution in [0.5, 0.6) is 0 Å². The molecule has 1 aromatic carbocycles. The maximum absolute atomic E-state index is 5.91. The van der Waals surface area contributed by atoms with Gasteiger partial charge >= 0.3 is 0 Å². The second-order valence-corrected chi connectivity index (χ2v) is 4.77. The molecule has 0 aliphatic carbocycles. The molecule has 1 aliphatic heterocycles. The Balaban J connectivity index is 1.80. The summed E-state index contributed by atoms with van der Waals surface area (Å²) < 4.78 is 5.56. The molecule has 3 heteroatoms. The first-order chi connectivity index (χ1) is 7.75. The number of aryl methyl sites for hydroxylation is 1. The molecule has 1 fully saturated rings. The summed E-state index contributed by atoms with van der Waals surface area (Å²) in [4.78, 5) is 0. The highest BCUT2D eigenvalue weighted by Crippen LogP contribution is 2.15. The molecule has 1 heterocycles. The van der Waals surface area contributed by atoms with Crippen LogP contribution in [0.1, 0.15) is 24.0 Å². The fraction of sp³-hybridized carbons (Fsp3) is 0.538. The van der Waals surface area contributed by atoms with Gasteiger partial charge < -0.3 is 10.1 Å². The van der Waals surface area contributed by atoms with E-state index in [1.807, 2.05) is 12.1 Å². The molecule has 2 nitrogen and oxygen atoms in total. The van der Waals surface area contributed by atoms with Crippen molar-refractivity contribution < 1.29 is 4.74 Å². The molecule has 16 heavy (non-hydrogen) atoms. The van der Waals surface area contributed by atoms with Crippen LogP contribution < -0.4 is 5.32 Å². The van der Waals surface area contributed by atoms with Gasteiger partial charge in [0.15, 0.2) is 0 Å². The zero-order valence-electron chi connectivity index (χ0n) is 9.63. The average molecular weight is 240 g/mol. The van der Waals surface area contributed by atoms with Crippen molar-refractivity contribution in [3.05, 3.63) is 34.3 Å². The van der Waals surface area contributed by atoms with Gasteiger partial charge in [0.25, 0.3) is 0 Å². The minimum absolute atomic E-state index is 0.410. The van der Waals surface area contributed by atoms with Gasteiger partial charge in [-0.1, -0.05) is 17.7 Å². The number of halogens is 1. The lowest BCUT2D eigenvalue weighted by Crippen LogP contribution is -2.26. The monoisotopic (exact) mass is 239 g/mol. The van der Waals surface area contributed by atoms with Gasteiger partial charge in [0.2, 0.25) is 0 Å². The van der Waals surface area contributed by atoms with Gasteiger partial charge in [0, 0.05) is 24.7 Å². The standard InChI is InChI=1S/C13H18ClNO/c1-10-7-12(14)5-4-11(10)8-15-9-13-3-2-6-16-13/h4-5,7,13,15H,2-3,6,8-9H2,1H3. The third-order valence-corrected chi connectivity index (χ3v) is 3.25. The molecule has 0 bridgehead atoms. The zero-order valence-corrected chi connectivity index (χ0v) is 10.4. The topological polar surface area (TPSA) is 21.3 Å². The maximum Gasteiger partial charge on any atom is 0.0700 e. The van der Waals surface area contributed by atoms with Crippen molar-refractivity contribution in [1.29, 1.82) is 0 Å². The number of rotatable bonds is 4. The van der Waals surface area contributed by atoms with E-state index < -0.39 is 0 Å². The van der Waals surface area contributed by atoms with Crippen LogP contribution in [0, 0.1) is 6.92 Å². The third kappa shape index (κ3) is 3.21. The summed E-state index contributed by atoms with van der Waals surface area (Å²) in [5.41, 5.74) is 2.55. The predicted molar refractivity (Wildman–Crippen MR) is 66.9 cm³/mol. The Labute approximate surface area is 102 Å². The van der Waals surface area contributed by atoms with E-state index >= 15 is 0 Å². The van der Waals surface area contributed by atoms with Crippen LogP contribution in [-0.2, 0) is 11.3 Å². The average Bonchev–Trinajstić information content (AvgIpc) is 2.74.